The van der Waals surface area contributed by atoms with Gasteiger partial charge in [0.05, 0.1) is 6.10 Å². The van der Waals surface area contributed by atoms with Crippen molar-refractivity contribution < 1.29 is 9.90 Å². The van der Waals surface area contributed by atoms with E-state index in [0.717, 1.165) is 19.3 Å². The number of carbonyl (C=O) groups excluding carboxylic acids is 1. The monoisotopic (exact) mass is 316 g/mol. The Morgan fingerprint density at radius 2 is 1.91 bits per heavy atom. The molecule has 1 aromatic rings. The lowest BCUT2D eigenvalue weighted by molar-refractivity contribution is -0.127. The normalized spacial score (nSPS) is 30.1. The van der Waals surface area contributed by atoms with Gasteiger partial charge in [0, 0.05) is 23.9 Å². The van der Waals surface area contributed by atoms with Gasteiger partial charge >= 0.3 is 0 Å². The van der Waals surface area contributed by atoms with Gasteiger partial charge in [0.2, 0.25) is 5.91 Å². The highest BCUT2D eigenvalue weighted by atomic mass is 16.3. The quantitative estimate of drug-likeness (QED) is 0.796. The topological polar surface area (TPSA) is 75.4 Å². The van der Waals surface area contributed by atoms with Gasteiger partial charge in [-0.15, -0.1) is 0 Å². The largest absolute Gasteiger partial charge is 0.392 e. The van der Waals surface area contributed by atoms with Crippen molar-refractivity contribution in [2.24, 2.45) is 11.7 Å². The van der Waals surface area contributed by atoms with Gasteiger partial charge in [0.25, 0.3) is 0 Å². The summed E-state index contributed by atoms with van der Waals surface area (Å²) in [6, 6.07) is 10.3. The number of nitrogens with one attached hydrogen (secondary N) is 1. The first-order chi connectivity index (χ1) is 11.1. The van der Waals surface area contributed by atoms with Crippen molar-refractivity contribution in [2.75, 3.05) is 6.54 Å². The van der Waals surface area contributed by atoms with Gasteiger partial charge in [-0.3, -0.25) is 4.79 Å². The molecule has 0 saturated heterocycles. The minimum absolute atomic E-state index is 0.0531. The fraction of sp³-hybridized carbons (Fsp3) is 0.632. The van der Waals surface area contributed by atoms with E-state index in [1.165, 1.54) is 18.4 Å². The van der Waals surface area contributed by atoms with E-state index < -0.39 is 6.10 Å². The van der Waals surface area contributed by atoms with Crippen LogP contribution in [0.3, 0.4) is 0 Å². The number of benzene rings is 1. The molecule has 2 saturated carbocycles. The lowest BCUT2D eigenvalue weighted by atomic mass is 9.78. The number of aliphatic hydroxyl groups is 1. The second kappa shape index (κ2) is 7.02. The first kappa shape index (κ1) is 16.5. The molecular formula is C19H28N2O2. The molecule has 3 atom stereocenters. The maximum absolute atomic E-state index is 12.5. The molecule has 1 aromatic carbocycles. The van der Waals surface area contributed by atoms with Gasteiger partial charge in [-0.2, -0.15) is 0 Å². The van der Waals surface area contributed by atoms with Crippen LogP contribution < -0.4 is 11.1 Å². The molecule has 0 radical (unpaired) electrons. The van der Waals surface area contributed by atoms with Crippen LogP contribution in [0.25, 0.3) is 0 Å². The van der Waals surface area contributed by atoms with Crippen LogP contribution >= 0.6 is 0 Å². The molecule has 3 rings (SSSR count). The zero-order chi connectivity index (χ0) is 16.3. The van der Waals surface area contributed by atoms with Gasteiger partial charge in [0.15, 0.2) is 0 Å². The first-order valence-electron chi connectivity index (χ1n) is 8.88. The van der Waals surface area contributed by atoms with E-state index in [1.807, 2.05) is 6.07 Å². The van der Waals surface area contributed by atoms with E-state index in [1.54, 1.807) is 0 Å². The smallest absolute Gasteiger partial charge is 0.223 e. The molecule has 23 heavy (non-hydrogen) atoms. The lowest BCUT2D eigenvalue weighted by Crippen LogP contribution is -2.47. The van der Waals surface area contributed by atoms with Crippen molar-refractivity contribution in [1.29, 1.82) is 0 Å². The molecule has 4 heteroatoms. The second-order valence-corrected chi connectivity index (χ2v) is 7.31. The van der Waals surface area contributed by atoms with E-state index in [2.05, 4.69) is 29.6 Å². The summed E-state index contributed by atoms with van der Waals surface area (Å²) in [5.41, 5.74) is 7.34. The number of hydrogen-bond acceptors (Lipinski definition) is 3. The van der Waals surface area contributed by atoms with E-state index in [0.29, 0.717) is 19.4 Å². The van der Waals surface area contributed by atoms with E-state index in [4.69, 9.17) is 5.73 Å². The number of carbonyl (C=O) groups is 1. The first-order valence-corrected chi connectivity index (χ1v) is 8.88. The maximum atomic E-state index is 12.5. The molecule has 0 spiro atoms. The zero-order valence-corrected chi connectivity index (χ0v) is 13.7. The number of aliphatic hydroxyl groups excluding tert-OH is 1. The predicted octanol–water partition coefficient (Wildman–Crippen LogP) is 2.10. The molecular weight excluding hydrogens is 288 g/mol. The predicted molar refractivity (Wildman–Crippen MR) is 90.9 cm³/mol. The van der Waals surface area contributed by atoms with Crippen LogP contribution in [0.2, 0.25) is 0 Å². The third-order valence-electron chi connectivity index (χ3n) is 5.78. The standard InChI is InChI=1S/C19H28N2O2/c20-16-12-14(8-9-17(16)22)18(23)21-13-19(10-4-5-11-19)15-6-2-1-3-7-15/h1-3,6-7,14,16-17,22H,4-5,8-13,20H2,(H,21,23)/t14-,16+,17+/m0/s1. The van der Waals surface area contributed by atoms with Gasteiger partial charge in [-0.1, -0.05) is 43.2 Å². The second-order valence-electron chi connectivity index (χ2n) is 7.31. The van der Waals surface area contributed by atoms with Gasteiger partial charge in [-0.25, -0.2) is 0 Å². The Morgan fingerprint density at radius 1 is 1.22 bits per heavy atom. The zero-order valence-electron chi connectivity index (χ0n) is 13.7. The summed E-state index contributed by atoms with van der Waals surface area (Å²) in [7, 11) is 0. The Balaban J connectivity index is 1.62. The minimum atomic E-state index is -0.454. The molecule has 0 heterocycles. The molecule has 2 aliphatic rings. The van der Waals surface area contributed by atoms with E-state index in [9.17, 15) is 9.90 Å². The van der Waals surface area contributed by atoms with Gasteiger partial charge in [-0.05, 0) is 37.7 Å². The summed E-state index contributed by atoms with van der Waals surface area (Å²) in [4.78, 5) is 12.5. The number of nitrogens with two attached hydrogens (primary N) is 1. The van der Waals surface area contributed by atoms with Crippen molar-refractivity contribution in [3.8, 4) is 0 Å². The summed E-state index contributed by atoms with van der Waals surface area (Å²) >= 11 is 0. The molecule has 2 aliphatic carbocycles. The summed E-state index contributed by atoms with van der Waals surface area (Å²) in [6.07, 6.45) is 6.23. The van der Waals surface area contributed by atoms with E-state index >= 15 is 0 Å². The molecule has 4 nitrogen and oxygen atoms in total. The summed E-state index contributed by atoms with van der Waals surface area (Å²) in [6.45, 7) is 0.712. The number of hydrogen-bond donors (Lipinski definition) is 3. The highest BCUT2D eigenvalue weighted by molar-refractivity contribution is 5.79. The third kappa shape index (κ3) is 3.59. The van der Waals surface area contributed by atoms with Crippen LogP contribution in [-0.4, -0.2) is 29.7 Å². The van der Waals surface area contributed by atoms with Crippen molar-refractivity contribution in [3.05, 3.63) is 35.9 Å². The van der Waals surface area contributed by atoms with Crippen LogP contribution in [0, 0.1) is 5.92 Å². The number of rotatable bonds is 4. The molecule has 4 N–H and O–H groups in total. The minimum Gasteiger partial charge on any atom is -0.392 e. The molecule has 126 valence electrons. The van der Waals surface area contributed by atoms with Crippen LogP contribution in [0.1, 0.15) is 50.5 Å². The highest BCUT2D eigenvalue weighted by Crippen LogP contribution is 2.40. The average Bonchev–Trinajstić information content (AvgIpc) is 3.06. The molecule has 0 unspecified atom stereocenters. The Bertz CT molecular complexity index is 525. The molecule has 0 aliphatic heterocycles. The van der Waals surface area contributed by atoms with Crippen molar-refractivity contribution in [3.63, 3.8) is 0 Å². The summed E-state index contributed by atoms with van der Waals surface area (Å²) < 4.78 is 0. The third-order valence-corrected chi connectivity index (χ3v) is 5.78. The Hall–Kier alpha value is -1.39. The van der Waals surface area contributed by atoms with Crippen LogP contribution in [0.15, 0.2) is 30.3 Å². The van der Waals surface area contributed by atoms with Crippen LogP contribution in [0.4, 0.5) is 0 Å². The fourth-order valence-corrected chi connectivity index (χ4v) is 4.24. The summed E-state index contributed by atoms with van der Waals surface area (Å²) in [5.74, 6) is 0.0529. The molecule has 1 amide bonds. The van der Waals surface area contributed by atoms with E-state index in [-0.39, 0.29) is 23.3 Å². The average molecular weight is 316 g/mol. The maximum Gasteiger partial charge on any atom is 0.223 e. The van der Waals surface area contributed by atoms with Crippen LogP contribution in [-0.2, 0) is 10.2 Å². The Morgan fingerprint density at radius 3 is 2.57 bits per heavy atom. The Labute approximate surface area is 138 Å². The van der Waals surface area contributed by atoms with Gasteiger partial charge in [0.1, 0.15) is 0 Å². The summed E-state index contributed by atoms with van der Waals surface area (Å²) in [5, 5.41) is 12.9. The number of amides is 1. The van der Waals surface area contributed by atoms with Crippen molar-refractivity contribution in [2.45, 2.75) is 62.5 Å². The lowest BCUT2D eigenvalue weighted by Gasteiger charge is -2.33. The highest BCUT2D eigenvalue weighted by Gasteiger charge is 2.37. The Kier molecular flexibility index (Phi) is 5.02. The molecule has 2 fully saturated rings. The van der Waals surface area contributed by atoms with Gasteiger partial charge < -0.3 is 16.2 Å². The SMILES string of the molecule is N[C@@H]1C[C@@H](C(=O)NCC2(c3ccccc3)CCCC2)CC[C@H]1O. The van der Waals surface area contributed by atoms with Crippen LogP contribution in [0.5, 0.6) is 0 Å². The van der Waals surface area contributed by atoms with Crippen molar-refractivity contribution >= 4 is 5.91 Å². The molecule has 0 bridgehead atoms. The van der Waals surface area contributed by atoms with Crippen molar-refractivity contribution in [1.82, 2.24) is 5.32 Å². The molecule has 0 aromatic heterocycles. The fourth-order valence-electron chi connectivity index (χ4n) is 4.24.